The maximum absolute atomic E-state index is 12.8. The minimum Gasteiger partial charge on any atom is -0.462 e. The molecule has 0 rings (SSSR count). The molecule has 1 atom stereocenters. The topological polar surface area (TPSA) is 78.9 Å². The highest BCUT2D eigenvalue weighted by Crippen LogP contribution is 2.15. The van der Waals surface area contributed by atoms with E-state index in [1.54, 1.807) is 0 Å². The Morgan fingerprint density at radius 2 is 0.652 bits per heavy atom. The van der Waals surface area contributed by atoms with E-state index >= 15 is 0 Å². The minimum absolute atomic E-state index is 0.118. The number of allylic oxidation sites excluding steroid dienone is 22. The minimum atomic E-state index is -0.830. The summed E-state index contributed by atoms with van der Waals surface area (Å²) in [5.41, 5.74) is 0. The van der Waals surface area contributed by atoms with Gasteiger partial charge in [0.15, 0.2) is 6.10 Å². The van der Waals surface area contributed by atoms with Gasteiger partial charge in [0.25, 0.3) is 0 Å². The highest BCUT2D eigenvalue weighted by molar-refractivity contribution is 5.71. The van der Waals surface area contributed by atoms with Crippen molar-refractivity contribution in [2.45, 2.75) is 232 Å². The zero-order chi connectivity index (χ0) is 50.0. The Hall–Kier alpha value is -4.45. The molecule has 0 heterocycles. The Balaban J connectivity index is 4.57. The largest absolute Gasteiger partial charge is 0.462 e. The van der Waals surface area contributed by atoms with E-state index in [9.17, 15) is 14.4 Å². The normalized spacial score (nSPS) is 13.1. The van der Waals surface area contributed by atoms with Crippen molar-refractivity contribution in [1.29, 1.82) is 0 Å². The molecule has 1 unspecified atom stereocenters. The zero-order valence-corrected chi connectivity index (χ0v) is 44.3. The van der Waals surface area contributed by atoms with E-state index in [0.717, 1.165) is 89.9 Å². The molecular formula is C63H100O6. The molecule has 0 spiro atoms. The summed E-state index contributed by atoms with van der Waals surface area (Å²) in [5.74, 6) is -1.03. The van der Waals surface area contributed by atoms with E-state index in [1.165, 1.54) is 89.9 Å². The number of ether oxygens (including phenoxy) is 3. The summed E-state index contributed by atoms with van der Waals surface area (Å²) in [6.07, 6.45) is 78.7. The van der Waals surface area contributed by atoms with Crippen LogP contribution in [0.4, 0.5) is 0 Å². The van der Waals surface area contributed by atoms with Gasteiger partial charge in [-0.2, -0.15) is 0 Å². The van der Waals surface area contributed by atoms with E-state index in [4.69, 9.17) is 14.2 Å². The lowest BCUT2D eigenvalue weighted by Gasteiger charge is -2.18. The lowest BCUT2D eigenvalue weighted by atomic mass is 10.0. The fourth-order valence-corrected chi connectivity index (χ4v) is 7.22. The molecule has 0 aliphatic carbocycles. The summed E-state index contributed by atoms with van der Waals surface area (Å²) >= 11 is 0. The molecule has 6 heteroatoms. The van der Waals surface area contributed by atoms with Gasteiger partial charge in [-0.1, -0.05) is 264 Å². The van der Waals surface area contributed by atoms with Crippen LogP contribution in [0.5, 0.6) is 0 Å². The molecule has 0 saturated carbocycles. The summed E-state index contributed by atoms with van der Waals surface area (Å²) < 4.78 is 16.8. The van der Waals surface area contributed by atoms with Crippen LogP contribution in [0, 0.1) is 0 Å². The molecule has 0 saturated heterocycles. The summed E-state index contributed by atoms with van der Waals surface area (Å²) in [5, 5.41) is 0. The number of hydrogen-bond donors (Lipinski definition) is 0. The summed E-state index contributed by atoms with van der Waals surface area (Å²) in [7, 11) is 0. The van der Waals surface area contributed by atoms with Crippen molar-refractivity contribution in [3.05, 3.63) is 134 Å². The van der Waals surface area contributed by atoms with Crippen molar-refractivity contribution in [1.82, 2.24) is 0 Å². The van der Waals surface area contributed by atoms with Gasteiger partial charge in [-0.3, -0.25) is 14.4 Å². The first-order valence-electron chi connectivity index (χ1n) is 27.8. The van der Waals surface area contributed by atoms with Crippen LogP contribution < -0.4 is 0 Å². The van der Waals surface area contributed by atoms with Crippen LogP contribution in [0.1, 0.15) is 226 Å². The van der Waals surface area contributed by atoms with Crippen LogP contribution in [0.15, 0.2) is 134 Å². The molecule has 0 amide bonds. The number of esters is 3. The molecule has 0 aromatic rings. The molecule has 0 aliphatic heterocycles. The predicted molar refractivity (Wildman–Crippen MR) is 297 cm³/mol. The van der Waals surface area contributed by atoms with Crippen LogP contribution in [-0.4, -0.2) is 37.2 Å². The average Bonchev–Trinajstić information content (AvgIpc) is 3.35. The summed E-state index contributed by atoms with van der Waals surface area (Å²) in [6.45, 7) is 6.29. The quantitative estimate of drug-likeness (QED) is 0.0199. The van der Waals surface area contributed by atoms with Gasteiger partial charge in [-0.25, -0.2) is 0 Å². The molecule has 0 N–H and O–H groups in total. The number of carbonyl (C=O) groups is 3. The number of carbonyl (C=O) groups excluding carboxylic acids is 3. The molecule has 0 aromatic heterocycles. The molecule has 0 aromatic carbocycles. The van der Waals surface area contributed by atoms with Crippen molar-refractivity contribution in [2.75, 3.05) is 13.2 Å². The van der Waals surface area contributed by atoms with Crippen LogP contribution in [0.3, 0.4) is 0 Å². The van der Waals surface area contributed by atoms with Crippen molar-refractivity contribution in [2.24, 2.45) is 0 Å². The standard InChI is InChI=1S/C63H100O6/c1-4-7-10-13-16-19-22-25-28-31-34-37-40-43-46-49-52-55-61(64)67-58-60(69-63(66)57-54-51-48-45-42-39-36-33-30-27-24-21-18-15-12-9-6-3)59-68-62(65)56-53-50-47-44-41-38-35-32-29-26-23-20-17-14-11-8-5-2/h7,9-10,12-13,16,18-19,21-22,25,27-28,30-31,34,36-37,39-40,45,48,60H,4-6,8,11,14-15,17,20,23-24,26,29,32-33,35,38,41-44,46-47,49-59H2,1-3H3/b10-7-,12-9-,16-13-,21-18-,22-19-,28-25-,30-27-,34-31+,39-36-,40-37-,48-45-. The van der Waals surface area contributed by atoms with E-state index in [-0.39, 0.29) is 37.5 Å². The van der Waals surface area contributed by atoms with Crippen molar-refractivity contribution in [3.63, 3.8) is 0 Å². The lowest BCUT2D eigenvalue weighted by Crippen LogP contribution is -2.30. The van der Waals surface area contributed by atoms with Gasteiger partial charge in [-0.15, -0.1) is 0 Å². The maximum Gasteiger partial charge on any atom is 0.306 e. The van der Waals surface area contributed by atoms with Gasteiger partial charge in [-0.05, 0) is 77.0 Å². The molecule has 0 bridgehead atoms. The third kappa shape index (κ3) is 54.4. The lowest BCUT2D eigenvalue weighted by molar-refractivity contribution is -0.167. The SMILES string of the molecule is CC\C=C/C=C\C=C/C=C\C=C\C=C/CCCCCC(=O)OCC(COC(=O)CCCCCCCCCCCCCCCCCCC)OC(=O)CCC/C=C\C/C=C\C/C=C\C/C=C\C/C=C\CC. The highest BCUT2D eigenvalue weighted by atomic mass is 16.6. The van der Waals surface area contributed by atoms with Crippen LogP contribution in [0.25, 0.3) is 0 Å². The van der Waals surface area contributed by atoms with E-state index < -0.39 is 6.10 Å². The Morgan fingerprint density at radius 1 is 0.319 bits per heavy atom. The number of hydrogen-bond acceptors (Lipinski definition) is 6. The maximum atomic E-state index is 12.8. The summed E-state index contributed by atoms with van der Waals surface area (Å²) in [6, 6.07) is 0. The second-order valence-corrected chi connectivity index (χ2v) is 17.9. The molecule has 388 valence electrons. The Bertz CT molecular complexity index is 1510. The van der Waals surface area contributed by atoms with Gasteiger partial charge in [0.1, 0.15) is 13.2 Å². The van der Waals surface area contributed by atoms with Crippen molar-refractivity contribution in [3.8, 4) is 0 Å². The molecule has 0 aliphatic rings. The van der Waals surface area contributed by atoms with Crippen LogP contribution >= 0.6 is 0 Å². The fourth-order valence-electron chi connectivity index (χ4n) is 7.22. The van der Waals surface area contributed by atoms with Gasteiger partial charge in [0.2, 0.25) is 0 Å². The first-order chi connectivity index (χ1) is 34.0. The molecule has 69 heavy (non-hydrogen) atoms. The molecule has 6 nitrogen and oxygen atoms in total. The zero-order valence-electron chi connectivity index (χ0n) is 44.3. The van der Waals surface area contributed by atoms with Crippen LogP contribution in [0.2, 0.25) is 0 Å². The number of rotatable bonds is 48. The van der Waals surface area contributed by atoms with E-state index in [0.29, 0.717) is 19.3 Å². The second-order valence-electron chi connectivity index (χ2n) is 17.9. The Morgan fingerprint density at radius 3 is 1.09 bits per heavy atom. The van der Waals surface area contributed by atoms with Crippen LogP contribution in [-0.2, 0) is 28.6 Å². The van der Waals surface area contributed by atoms with Gasteiger partial charge >= 0.3 is 17.9 Å². The second kappa shape index (κ2) is 56.1. The third-order valence-corrected chi connectivity index (χ3v) is 11.3. The smallest absolute Gasteiger partial charge is 0.306 e. The third-order valence-electron chi connectivity index (χ3n) is 11.3. The van der Waals surface area contributed by atoms with Gasteiger partial charge < -0.3 is 14.2 Å². The number of unbranched alkanes of at least 4 members (excludes halogenated alkanes) is 20. The first kappa shape index (κ1) is 64.5. The Kier molecular flexibility index (Phi) is 52.5. The van der Waals surface area contributed by atoms with Crippen molar-refractivity contribution >= 4 is 17.9 Å². The predicted octanol–water partition coefficient (Wildman–Crippen LogP) is 18.6. The van der Waals surface area contributed by atoms with Gasteiger partial charge in [0.05, 0.1) is 0 Å². The molecule has 0 fully saturated rings. The fraction of sp³-hybridized carbons (Fsp3) is 0.603. The molecular weight excluding hydrogens is 853 g/mol. The average molecular weight is 953 g/mol. The Labute approximate surface area is 424 Å². The highest BCUT2D eigenvalue weighted by Gasteiger charge is 2.19. The molecule has 0 radical (unpaired) electrons. The van der Waals surface area contributed by atoms with Crippen molar-refractivity contribution < 1.29 is 28.6 Å². The van der Waals surface area contributed by atoms with E-state index in [2.05, 4.69) is 93.7 Å². The summed E-state index contributed by atoms with van der Waals surface area (Å²) in [4.78, 5) is 38.1. The first-order valence-corrected chi connectivity index (χ1v) is 27.8. The monoisotopic (exact) mass is 953 g/mol. The van der Waals surface area contributed by atoms with Gasteiger partial charge in [0, 0.05) is 19.3 Å². The van der Waals surface area contributed by atoms with E-state index in [1.807, 2.05) is 60.8 Å².